The van der Waals surface area contributed by atoms with Gasteiger partial charge in [0.2, 0.25) is 0 Å². The van der Waals surface area contributed by atoms with Crippen LogP contribution >= 0.6 is 26.5 Å². The minimum Gasteiger partial charge on any atom is -0.324 e. The maximum atomic E-state index is 12.0. The van der Waals surface area contributed by atoms with E-state index < -0.39 is 31.1 Å². The van der Waals surface area contributed by atoms with Crippen molar-refractivity contribution in [3.8, 4) is 0 Å². The van der Waals surface area contributed by atoms with Crippen molar-refractivity contribution < 1.29 is 33.6 Å². The molecule has 0 radical (unpaired) electrons. The van der Waals surface area contributed by atoms with Crippen molar-refractivity contribution in [2.45, 2.75) is 5.40 Å². The number of rotatable bonds is 6. The second-order valence-corrected chi connectivity index (χ2v) is 10.8. The molecule has 1 aromatic heterocycles. The smallest absolute Gasteiger partial charge is 0.324 e. The summed E-state index contributed by atoms with van der Waals surface area (Å²) in [5, 5.41) is 8.73. The Morgan fingerprint density at radius 1 is 1.03 bits per heavy atom. The Kier molecular flexibility index (Phi) is 5.84. The molecule has 0 amide bonds. The van der Waals surface area contributed by atoms with E-state index in [4.69, 9.17) is 0 Å². The third kappa shape index (κ3) is 4.68. The number of nitrogens with zero attached hydrogens (tertiary/aromatic N) is 2. The van der Waals surface area contributed by atoms with Crippen molar-refractivity contribution in [1.82, 2.24) is 4.98 Å². The van der Waals surface area contributed by atoms with Gasteiger partial charge in [-0.05, 0) is 24.3 Å². The summed E-state index contributed by atoms with van der Waals surface area (Å²) < 4.78 is 24.7. The number of aromatic nitrogens is 1. The SMILES string of the molecule is O=[N+]([O-])c1ccccc1/C=C(\c1nc2ccccc2s1)C(P(=O)(O)O)P(=O)(O)O. The molecule has 0 saturated heterocycles. The van der Waals surface area contributed by atoms with E-state index >= 15 is 0 Å². The zero-order valence-corrected chi connectivity index (χ0v) is 17.0. The zero-order valence-electron chi connectivity index (χ0n) is 14.4. The van der Waals surface area contributed by atoms with E-state index in [2.05, 4.69) is 4.98 Å². The van der Waals surface area contributed by atoms with Crippen molar-refractivity contribution in [3.63, 3.8) is 0 Å². The highest BCUT2D eigenvalue weighted by atomic mass is 32.1. The molecule has 0 spiro atoms. The Balaban J connectivity index is 2.34. The highest BCUT2D eigenvalue weighted by molar-refractivity contribution is 7.72. The quantitative estimate of drug-likeness (QED) is 0.246. The van der Waals surface area contributed by atoms with Crippen molar-refractivity contribution in [2.24, 2.45) is 0 Å². The third-order valence-electron chi connectivity index (χ3n) is 3.90. The highest BCUT2D eigenvalue weighted by Crippen LogP contribution is 2.65. The van der Waals surface area contributed by atoms with Crippen molar-refractivity contribution in [1.29, 1.82) is 0 Å². The van der Waals surface area contributed by atoms with Crippen LogP contribution in [0.4, 0.5) is 5.69 Å². The molecule has 0 saturated carbocycles. The van der Waals surface area contributed by atoms with E-state index in [1.165, 1.54) is 24.3 Å². The molecule has 0 aliphatic rings. The van der Waals surface area contributed by atoms with Gasteiger partial charge < -0.3 is 19.6 Å². The standard InChI is InChI=1S/C16H14N2O8P2S/c19-18(20)13-7-3-1-5-10(13)9-11(16(27(21,22)23)28(24,25)26)15-17-12-6-2-4-8-14(12)29-15/h1-9,16H,(H2,21,22,23)(H2,24,25,26)/b11-9+. The Morgan fingerprint density at radius 3 is 2.21 bits per heavy atom. The van der Waals surface area contributed by atoms with E-state index in [1.807, 2.05) is 0 Å². The number of para-hydroxylation sites is 2. The summed E-state index contributed by atoms with van der Waals surface area (Å²) in [7, 11) is -10.7. The first-order valence-electron chi connectivity index (χ1n) is 7.90. The van der Waals surface area contributed by atoms with E-state index in [-0.39, 0.29) is 16.3 Å². The number of hydrogen-bond acceptors (Lipinski definition) is 6. The lowest BCUT2D eigenvalue weighted by Crippen LogP contribution is -2.12. The van der Waals surface area contributed by atoms with Gasteiger partial charge >= 0.3 is 15.2 Å². The van der Waals surface area contributed by atoms with Gasteiger partial charge in [0.25, 0.3) is 5.69 Å². The molecule has 0 bridgehead atoms. The molecule has 0 fully saturated rings. The fraction of sp³-hybridized carbons (Fsp3) is 0.0625. The number of benzene rings is 2. The van der Waals surface area contributed by atoms with Gasteiger partial charge in [-0.1, -0.05) is 24.3 Å². The molecule has 152 valence electrons. The van der Waals surface area contributed by atoms with Gasteiger partial charge in [-0.2, -0.15) is 0 Å². The van der Waals surface area contributed by atoms with E-state index in [1.54, 1.807) is 24.3 Å². The van der Waals surface area contributed by atoms with E-state index in [0.717, 1.165) is 17.4 Å². The van der Waals surface area contributed by atoms with Gasteiger partial charge in [0, 0.05) is 11.6 Å². The lowest BCUT2D eigenvalue weighted by atomic mass is 10.1. The number of thiazole rings is 1. The van der Waals surface area contributed by atoms with Crippen molar-refractivity contribution >= 4 is 54.1 Å². The molecule has 0 atom stereocenters. The average Bonchev–Trinajstić information content (AvgIpc) is 3.03. The summed E-state index contributed by atoms with van der Waals surface area (Å²) in [4.78, 5) is 53.6. The van der Waals surface area contributed by atoms with Crippen LogP contribution in [-0.2, 0) is 9.13 Å². The molecule has 29 heavy (non-hydrogen) atoms. The minimum absolute atomic E-state index is 0.0546. The van der Waals surface area contributed by atoms with Crippen LogP contribution in [0, 0.1) is 10.1 Å². The first kappa shape index (κ1) is 21.5. The van der Waals surface area contributed by atoms with Gasteiger partial charge in [-0.3, -0.25) is 19.2 Å². The first-order valence-corrected chi connectivity index (χ1v) is 12.1. The molecule has 2 aromatic carbocycles. The topological polar surface area (TPSA) is 171 Å². The lowest BCUT2D eigenvalue weighted by Gasteiger charge is -2.21. The molecular formula is C16H14N2O8P2S. The normalized spacial score (nSPS) is 13.2. The van der Waals surface area contributed by atoms with Gasteiger partial charge in [-0.15, -0.1) is 11.3 Å². The summed E-state index contributed by atoms with van der Waals surface area (Å²) in [5.74, 6) is 0. The monoisotopic (exact) mass is 456 g/mol. The molecule has 0 aliphatic heterocycles. The van der Waals surface area contributed by atoms with Crippen LogP contribution in [0.15, 0.2) is 48.5 Å². The number of allylic oxidation sites excluding steroid dienone is 1. The largest absolute Gasteiger partial charge is 0.345 e. The predicted molar refractivity (Wildman–Crippen MR) is 108 cm³/mol. The van der Waals surface area contributed by atoms with Crippen LogP contribution in [0.1, 0.15) is 10.6 Å². The molecule has 0 aliphatic carbocycles. The van der Waals surface area contributed by atoms with Crippen LogP contribution in [-0.4, -0.2) is 34.9 Å². The number of hydrogen-bond donors (Lipinski definition) is 4. The van der Waals surface area contributed by atoms with Gasteiger partial charge in [0.15, 0.2) is 5.40 Å². The van der Waals surface area contributed by atoms with E-state index in [0.29, 0.717) is 10.2 Å². The summed E-state index contributed by atoms with van der Waals surface area (Å²) >= 11 is 0.964. The molecule has 3 rings (SSSR count). The first-order chi connectivity index (χ1) is 13.5. The molecule has 10 nitrogen and oxygen atoms in total. The van der Waals surface area contributed by atoms with Gasteiger partial charge in [0.05, 0.1) is 20.7 Å². The van der Waals surface area contributed by atoms with E-state index in [9.17, 15) is 38.8 Å². The number of nitro benzene ring substituents is 1. The van der Waals surface area contributed by atoms with Crippen molar-refractivity contribution in [2.75, 3.05) is 0 Å². The fourth-order valence-corrected chi connectivity index (χ4v) is 6.62. The third-order valence-corrected chi connectivity index (χ3v) is 8.62. The second kappa shape index (κ2) is 7.89. The fourth-order valence-electron chi connectivity index (χ4n) is 2.74. The Labute approximate surface area is 167 Å². The molecule has 13 heteroatoms. The van der Waals surface area contributed by atoms with Gasteiger partial charge in [-0.25, -0.2) is 4.98 Å². The molecular weight excluding hydrogens is 442 g/mol. The number of fused-ring (bicyclic) bond motifs is 1. The second-order valence-electron chi connectivity index (χ2n) is 5.95. The van der Waals surface area contributed by atoms with Crippen LogP contribution in [0.25, 0.3) is 21.9 Å². The summed E-state index contributed by atoms with van der Waals surface area (Å²) in [6, 6.07) is 12.0. The van der Waals surface area contributed by atoms with Crippen LogP contribution in [0.2, 0.25) is 0 Å². The Hall–Kier alpha value is -2.23. The lowest BCUT2D eigenvalue weighted by molar-refractivity contribution is -0.385. The maximum absolute atomic E-state index is 12.0. The number of nitro groups is 1. The molecule has 0 unspecified atom stereocenters. The maximum Gasteiger partial charge on any atom is 0.345 e. The van der Waals surface area contributed by atoms with Crippen LogP contribution < -0.4 is 0 Å². The van der Waals surface area contributed by atoms with Crippen molar-refractivity contribution in [3.05, 3.63) is 69.2 Å². The van der Waals surface area contributed by atoms with Crippen LogP contribution in [0.5, 0.6) is 0 Å². The summed E-state index contributed by atoms with van der Waals surface area (Å²) in [6.45, 7) is 0. The average molecular weight is 456 g/mol. The van der Waals surface area contributed by atoms with Crippen LogP contribution in [0.3, 0.4) is 0 Å². The predicted octanol–water partition coefficient (Wildman–Crippen LogP) is 3.43. The molecule has 3 aromatic rings. The molecule has 4 N–H and O–H groups in total. The van der Waals surface area contributed by atoms with Gasteiger partial charge in [0.1, 0.15) is 5.01 Å². The Bertz CT molecular complexity index is 1160. The highest BCUT2D eigenvalue weighted by Gasteiger charge is 2.47. The Morgan fingerprint density at radius 2 is 1.62 bits per heavy atom. The summed E-state index contributed by atoms with van der Waals surface area (Å²) in [6.07, 6.45) is 0.999. The summed E-state index contributed by atoms with van der Waals surface area (Å²) in [5.41, 5.74) is -0.474. The minimum atomic E-state index is -5.37. The molecule has 1 heterocycles. The zero-order chi connectivity index (χ0) is 21.4.